The summed E-state index contributed by atoms with van der Waals surface area (Å²) in [6.07, 6.45) is 3.88. The van der Waals surface area contributed by atoms with Crippen LogP contribution in [-0.4, -0.2) is 41.9 Å². The maximum Gasteiger partial charge on any atom is 0.407 e. The molecule has 0 aliphatic heterocycles. The van der Waals surface area contributed by atoms with Crippen LogP contribution in [0.25, 0.3) is 0 Å². The summed E-state index contributed by atoms with van der Waals surface area (Å²) in [5.41, 5.74) is -0.476. The summed E-state index contributed by atoms with van der Waals surface area (Å²) in [7, 11) is 0. The molecule has 0 saturated heterocycles. The van der Waals surface area contributed by atoms with Crippen LogP contribution in [0.4, 0.5) is 4.79 Å². The molecule has 2 unspecified atom stereocenters. The fraction of sp³-hybridized carbons (Fsp3) is 0.867. The topological polar surface area (TPSA) is 87.7 Å². The lowest BCUT2D eigenvalue weighted by molar-refractivity contribution is -0.143. The lowest BCUT2D eigenvalue weighted by atomic mass is 9.86. The third-order valence-electron chi connectivity index (χ3n) is 3.48. The van der Waals surface area contributed by atoms with Crippen LogP contribution in [0.5, 0.6) is 0 Å². The van der Waals surface area contributed by atoms with Gasteiger partial charge in [0.15, 0.2) is 0 Å². The summed E-state index contributed by atoms with van der Waals surface area (Å²) in [6.45, 7) is 6.81. The number of carbonyl (C=O) groups excluding carboxylic acids is 1. The summed E-state index contributed by atoms with van der Waals surface area (Å²) in [5.74, 6) is -0.899. The molecule has 21 heavy (non-hydrogen) atoms. The van der Waals surface area contributed by atoms with E-state index < -0.39 is 17.7 Å². The van der Waals surface area contributed by atoms with Crippen LogP contribution in [0.2, 0.25) is 0 Å². The van der Waals surface area contributed by atoms with Crippen molar-refractivity contribution in [2.24, 2.45) is 5.92 Å². The minimum absolute atomic E-state index is 0.212. The van der Waals surface area contributed by atoms with E-state index in [9.17, 15) is 9.59 Å². The van der Waals surface area contributed by atoms with Gasteiger partial charge in [0.2, 0.25) is 0 Å². The van der Waals surface area contributed by atoms with Crippen molar-refractivity contribution in [2.75, 3.05) is 13.1 Å². The van der Waals surface area contributed by atoms with E-state index in [0.717, 1.165) is 32.2 Å². The first-order valence-electron chi connectivity index (χ1n) is 7.71. The summed E-state index contributed by atoms with van der Waals surface area (Å²) in [6, 6.07) is 0.279. The Bertz CT molecular complexity index is 352. The third kappa shape index (κ3) is 7.90. The maximum atomic E-state index is 11.4. The van der Waals surface area contributed by atoms with Gasteiger partial charge in [-0.05, 0) is 53.0 Å². The van der Waals surface area contributed by atoms with Gasteiger partial charge in [-0.3, -0.25) is 4.79 Å². The highest BCUT2D eigenvalue weighted by Crippen LogP contribution is 2.24. The fourth-order valence-corrected chi connectivity index (χ4v) is 2.50. The summed E-state index contributed by atoms with van der Waals surface area (Å²) >= 11 is 0. The normalized spacial score (nSPS) is 22.6. The number of ether oxygens (including phenoxy) is 1. The summed E-state index contributed by atoms with van der Waals surface area (Å²) in [5, 5.41) is 15.1. The van der Waals surface area contributed by atoms with Crippen molar-refractivity contribution in [1.29, 1.82) is 0 Å². The number of hydrogen-bond donors (Lipinski definition) is 3. The number of rotatable bonds is 6. The zero-order valence-corrected chi connectivity index (χ0v) is 13.3. The monoisotopic (exact) mass is 300 g/mol. The molecule has 6 nitrogen and oxygen atoms in total. The second kappa shape index (κ2) is 8.22. The standard InChI is InChI=1S/C15H28N2O4/c1-15(2,3)21-14(20)17-9-5-8-16-12-7-4-6-11(10-12)13(18)19/h11-12,16H,4-10H2,1-3H3,(H,17,20)(H,18,19). The second-order valence-corrected chi connectivity index (χ2v) is 6.64. The Morgan fingerprint density at radius 1 is 1.24 bits per heavy atom. The van der Waals surface area contributed by atoms with E-state index in [4.69, 9.17) is 9.84 Å². The Kier molecular flexibility index (Phi) is 6.95. The van der Waals surface area contributed by atoms with Crippen LogP contribution >= 0.6 is 0 Å². The number of hydrogen-bond acceptors (Lipinski definition) is 4. The number of carboxylic acids is 1. The van der Waals surface area contributed by atoms with Crippen molar-refractivity contribution >= 4 is 12.1 Å². The Hall–Kier alpha value is -1.30. The van der Waals surface area contributed by atoms with Crippen LogP contribution in [-0.2, 0) is 9.53 Å². The van der Waals surface area contributed by atoms with Crippen molar-refractivity contribution in [3.63, 3.8) is 0 Å². The van der Waals surface area contributed by atoms with Gasteiger partial charge in [-0.1, -0.05) is 6.42 Å². The average Bonchev–Trinajstić information content (AvgIpc) is 2.36. The average molecular weight is 300 g/mol. The van der Waals surface area contributed by atoms with E-state index in [0.29, 0.717) is 13.0 Å². The molecule has 3 N–H and O–H groups in total. The molecule has 0 aromatic heterocycles. The van der Waals surface area contributed by atoms with Gasteiger partial charge in [0.1, 0.15) is 5.60 Å². The smallest absolute Gasteiger partial charge is 0.407 e. The van der Waals surface area contributed by atoms with Crippen LogP contribution < -0.4 is 10.6 Å². The predicted molar refractivity (Wildman–Crippen MR) is 80.2 cm³/mol. The predicted octanol–water partition coefficient (Wildman–Crippen LogP) is 2.13. The summed E-state index contributed by atoms with van der Waals surface area (Å²) < 4.78 is 5.14. The molecule has 1 aliphatic rings. The molecule has 1 fully saturated rings. The SMILES string of the molecule is CC(C)(C)OC(=O)NCCCNC1CCCC(C(=O)O)C1. The number of carbonyl (C=O) groups is 2. The molecule has 1 aliphatic carbocycles. The van der Waals surface area contributed by atoms with Gasteiger partial charge >= 0.3 is 12.1 Å². The molecule has 1 saturated carbocycles. The number of carboxylic acid groups (broad SMARTS) is 1. The van der Waals surface area contributed by atoms with E-state index in [1.54, 1.807) is 0 Å². The molecule has 0 bridgehead atoms. The lowest BCUT2D eigenvalue weighted by Gasteiger charge is -2.27. The van der Waals surface area contributed by atoms with Gasteiger partial charge in [-0.15, -0.1) is 0 Å². The summed E-state index contributed by atoms with van der Waals surface area (Å²) in [4.78, 5) is 22.4. The van der Waals surface area contributed by atoms with Gasteiger partial charge in [0, 0.05) is 12.6 Å². The van der Waals surface area contributed by atoms with Crippen LogP contribution in [0, 0.1) is 5.92 Å². The molecule has 1 rings (SSSR count). The first kappa shape index (κ1) is 17.8. The number of nitrogens with one attached hydrogen (secondary N) is 2. The molecular weight excluding hydrogens is 272 g/mol. The maximum absolute atomic E-state index is 11.4. The Morgan fingerprint density at radius 3 is 2.57 bits per heavy atom. The highest BCUT2D eigenvalue weighted by molar-refractivity contribution is 5.70. The van der Waals surface area contributed by atoms with Crippen molar-refractivity contribution in [1.82, 2.24) is 10.6 Å². The largest absolute Gasteiger partial charge is 0.481 e. The second-order valence-electron chi connectivity index (χ2n) is 6.64. The van der Waals surface area contributed by atoms with Crippen LogP contribution in [0.3, 0.4) is 0 Å². The zero-order valence-electron chi connectivity index (χ0n) is 13.3. The quantitative estimate of drug-likeness (QED) is 0.654. The molecular formula is C15H28N2O4. The number of alkyl carbamates (subject to hydrolysis) is 1. The van der Waals surface area contributed by atoms with E-state index in [1.807, 2.05) is 20.8 Å². The van der Waals surface area contributed by atoms with Crippen molar-refractivity contribution in [3.8, 4) is 0 Å². The van der Waals surface area contributed by atoms with Crippen LogP contribution in [0.1, 0.15) is 52.9 Å². The number of amides is 1. The first-order valence-corrected chi connectivity index (χ1v) is 7.71. The minimum atomic E-state index is -0.687. The van der Waals surface area contributed by atoms with E-state index in [2.05, 4.69) is 10.6 Å². The first-order chi connectivity index (χ1) is 9.78. The Morgan fingerprint density at radius 2 is 1.95 bits per heavy atom. The van der Waals surface area contributed by atoms with Crippen molar-refractivity contribution < 1.29 is 19.4 Å². The van der Waals surface area contributed by atoms with Crippen molar-refractivity contribution in [3.05, 3.63) is 0 Å². The zero-order chi connectivity index (χ0) is 15.9. The third-order valence-corrected chi connectivity index (χ3v) is 3.48. The minimum Gasteiger partial charge on any atom is -0.481 e. The lowest BCUT2D eigenvalue weighted by Crippen LogP contribution is -2.38. The highest BCUT2D eigenvalue weighted by atomic mass is 16.6. The van der Waals surface area contributed by atoms with E-state index in [-0.39, 0.29) is 12.0 Å². The molecule has 6 heteroatoms. The van der Waals surface area contributed by atoms with Crippen molar-refractivity contribution in [2.45, 2.75) is 64.5 Å². The molecule has 0 aromatic carbocycles. The van der Waals surface area contributed by atoms with E-state index in [1.165, 1.54) is 0 Å². The molecule has 122 valence electrons. The molecule has 0 radical (unpaired) electrons. The molecule has 0 aromatic rings. The number of aliphatic carboxylic acids is 1. The van der Waals surface area contributed by atoms with Gasteiger partial charge < -0.3 is 20.5 Å². The molecule has 2 atom stereocenters. The Balaban J connectivity index is 2.09. The molecule has 0 spiro atoms. The van der Waals surface area contributed by atoms with Crippen LogP contribution in [0.15, 0.2) is 0 Å². The molecule has 1 amide bonds. The van der Waals surface area contributed by atoms with Gasteiger partial charge in [0.05, 0.1) is 5.92 Å². The molecule has 0 heterocycles. The van der Waals surface area contributed by atoms with E-state index >= 15 is 0 Å². The van der Waals surface area contributed by atoms with Gasteiger partial charge in [0.25, 0.3) is 0 Å². The van der Waals surface area contributed by atoms with Gasteiger partial charge in [-0.2, -0.15) is 0 Å². The Labute approximate surface area is 126 Å². The van der Waals surface area contributed by atoms with Gasteiger partial charge in [-0.25, -0.2) is 4.79 Å². The highest BCUT2D eigenvalue weighted by Gasteiger charge is 2.26. The fourth-order valence-electron chi connectivity index (χ4n) is 2.50.